The number of benzene rings is 2. The molecule has 1 aliphatic rings. The first-order chi connectivity index (χ1) is 16.7. The van der Waals surface area contributed by atoms with E-state index in [2.05, 4.69) is 17.0 Å². The molecule has 7 nitrogen and oxygen atoms in total. The van der Waals surface area contributed by atoms with Crippen molar-refractivity contribution in [2.45, 2.75) is 70.8 Å². The van der Waals surface area contributed by atoms with Gasteiger partial charge >= 0.3 is 17.9 Å². The van der Waals surface area contributed by atoms with E-state index in [0.717, 1.165) is 35.1 Å². The van der Waals surface area contributed by atoms with E-state index in [4.69, 9.17) is 15.4 Å². The zero-order valence-electron chi connectivity index (χ0n) is 20.8. The maximum atomic E-state index is 12.8. The molecule has 2 aromatic carbocycles. The van der Waals surface area contributed by atoms with Crippen molar-refractivity contribution in [1.29, 1.82) is 0 Å². The molecule has 1 aliphatic carbocycles. The summed E-state index contributed by atoms with van der Waals surface area (Å²) in [5.41, 5.74) is 3.98. The molecule has 3 rings (SSSR count). The number of hydrogen-bond donors (Lipinski definition) is 1. The summed E-state index contributed by atoms with van der Waals surface area (Å²) in [5.74, 6) is 2.28. The summed E-state index contributed by atoms with van der Waals surface area (Å²) >= 11 is 0. The first-order valence-electron chi connectivity index (χ1n) is 12.2. The molecule has 0 saturated carbocycles. The summed E-state index contributed by atoms with van der Waals surface area (Å²) in [6.45, 7) is 5.65. The number of carbonyl (C=O) groups is 3. The van der Waals surface area contributed by atoms with Crippen LogP contribution in [0.1, 0.15) is 76.3 Å². The molecule has 0 aromatic heterocycles. The summed E-state index contributed by atoms with van der Waals surface area (Å²) < 4.78 is 10.9. The van der Waals surface area contributed by atoms with Crippen molar-refractivity contribution in [2.24, 2.45) is 11.8 Å². The molecule has 0 unspecified atom stereocenters. The lowest BCUT2D eigenvalue weighted by atomic mass is 9.97. The van der Waals surface area contributed by atoms with Crippen molar-refractivity contribution in [2.75, 3.05) is 6.61 Å². The van der Waals surface area contributed by atoms with E-state index in [1.807, 2.05) is 57.2 Å². The topological polar surface area (TPSA) is 105 Å². The minimum atomic E-state index is -1.07. The Hall–Kier alpha value is -3.19. The Balaban J connectivity index is 1.50. The maximum absolute atomic E-state index is 12.8. The normalized spacial score (nSPS) is 13.5. The molecular formula is C28H35NO6. The van der Waals surface area contributed by atoms with E-state index in [0.29, 0.717) is 19.3 Å². The highest BCUT2D eigenvalue weighted by Crippen LogP contribution is 2.44. The van der Waals surface area contributed by atoms with Crippen LogP contribution >= 0.6 is 0 Å². The van der Waals surface area contributed by atoms with Gasteiger partial charge in [0.25, 0.3) is 0 Å². The number of carbonyl (C=O) groups excluding carboxylic acids is 3. The molecule has 2 N–H and O–H groups in total. The van der Waals surface area contributed by atoms with Gasteiger partial charge in [-0.25, -0.2) is 4.79 Å². The van der Waals surface area contributed by atoms with Crippen LogP contribution in [-0.4, -0.2) is 30.1 Å². The van der Waals surface area contributed by atoms with Gasteiger partial charge < -0.3 is 14.3 Å². The minimum Gasteiger partial charge on any atom is -0.464 e. The van der Waals surface area contributed by atoms with Crippen LogP contribution in [-0.2, 0) is 28.7 Å². The summed E-state index contributed by atoms with van der Waals surface area (Å²) in [7, 11) is 0. The van der Waals surface area contributed by atoms with Crippen LogP contribution in [0, 0.1) is 5.92 Å². The van der Waals surface area contributed by atoms with Crippen LogP contribution in [0.3, 0.4) is 0 Å². The number of unbranched alkanes of at least 4 members (excludes halogenated alkanes) is 3. The van der Waals surface area contributed by atoms with Gasteiger partial charge in [-0.15, -0.1) is 0 Å². The third-order valence-electron chi connectivity index (χ3n) is 6.08. The standard InChI is InChI=1S/C28H35NO6/c1-28(2,3)34-25(30)17-7-5-4-6-16-23(27(32)35-29)26(31)33-18-24-21-14-10-8-12-19(21)20-13-9-11-15-22(20)24/h8-15,23-24H,4-7,16-18,29H2,1-3H3/t23-/m0/s1. The van der Waals surface area contributed by atoms with Gasteiger partial charge in [-0.1, -0.05) is 67.8 Å². The SMILES string of the molecule is CC(C)(C)OC(=O)CCCCCC[C@H](C(=O)ON)C(=O)OCC1c2ccccc2-c2ccccc21. The van der Waals surface area contributed by atoms with Crippen molar-refractivity contribution in [3.05, 3.63) is 59.7 Å². The summed E-state index contributed by atoms with van der Waals surface area (Å²) in [6, 6.07) is 16.1. The second kappa shape index (κ2) is 12.0. The number of fused-ring (bicyclic) bond motifs is 3. The number of hydrogen-bond acceptors (Lipinski definition) is 7. The maximum Gasteiger partial charge on any atom is 0.338 e. The van der Waals surface area contributed by atoms with Crippen LogP contribution < -0.4 is 5.90 Å². The summed E-state index contributed by atoms with van der Waals surface area (Å²) in [6.07, 6.45) is 3.46. The zero-order valence-corrected chi connectivity index (χ0v) is 20.8. The van der Waals surface area contributed by atoms with Crippen LogP contribution in [0.25, 0.3) is 11.1 Å². The van der Waals surface area contributed by atoms with Crippen molar-refractivity contribution >= 4 is 17.9 Å². The van der Waals surface area contributed by atoms with Gasteiger partial charge in [-0.2, -0.15) is 5.90 Å². The second-order valence-electron chi connectivity index (χ2n) is 9.89. The molecule has 35 heavy (non-hydrogen) atoms. The fourth-order valence-corrected chi connectivity index (χ4v) is 4.48. The monoisotopic (exact) mass is 481 g/mol. The Morgan fingerprint density at radius 1 is 0.857 bits per heavy atom. The highest BCUT2D eigenvalue weighted by Gasteiger charge is 2.33. The molecule has 1 atom stereocenters. The summed E-state index contributed by atoms with van der Waals surface area (Å²) in [4.78, 5) is 41.2. The van der Waals surface area contributed by atoms with Crippen LogP contribution in [0.4, 0.5) is 0 Å². The lowest BCUT2D eigenvalue weighted by molar-refractivity contribution is -0.163. The van der Waals surface area contributed by atoms with Gasteiger partial charge in [0, 0.05) is 12.3 Å². The molecule has 0 saturated heterocycles. The summed E-state index contributed by atoms with van der Waals surface area (Å²) in [5, 5.41) is 0. The van der Waals surface area contributed by atoms with E-state index >= 15 is 0 Å². The lowest BCUT2D eigenvalue weighted by Crippen LogP contribution is -2.30. The average molecular weight is 482 g/mol. The molecule has 0 amide bonds. The fraction of sp³-hybridized carbons (Fsp3) is 0.464. The number of rotatable bonds is 11. The van der Waals surface area contributed by atoms with Gasteiger partial charge in [0.2, 0.25) is 0 Å². The Morgan fingerprint density at radius 3 is 2.00 bits per heavy atom. The third kappa shape index (κ3) is 7.15. The molecule has 0 bridgehead atoms. The smallest absolute Gasteiger partial charge is 0.338 e. The van der Waals surface area contributed by atoms with Gasteiger partial charge in [-0.3, -0.25) is 9.59 Å². The molecule has 2 aromatic rings. The van der Waals surface area contributed by atoms with Gasteiger partial charge in [-0.05, 0) is 55.9 Å². The third-order valence-corrected chi connectivity index (χ3v) is 6.08. The van der Waals surface area contributed by atoms with Crippen molar-refractivity contribution in [1.82, 2.24) is 0 Å². The molecule has 0 heterocycles. The fourth-order valence-electron chi connectivity index (χ4n) is 4.48. The Kier molecular flexibility index (Phi) is 9.04. The molecule has 7 heteroatoms. The van der Waals surface area contributed by atoms with Crippen molar-refractivity contribution < 1.29 is 28.7 Å². The minimum absolute atomic E-state index is 0.0891. The van der Waals surface area contributed by atoms with E-state index in [1.54, 1.807) is 0 Å². The zero-order chi connectivity index (χ0) is 25.4. The Bertz CT molecular complexity index is 996. The Labute approximate surface area is 206 Å². The highest BCUT2D eigenvalue weighted by atomic mass is 16.7. The molecule has 0 fully saturated rings. The quantitative estimate of drug-likeness (QED) is 0.207. The van der Waals surface area contributed by atoms with Gasteiger partial charge in [0.05, 0.1) is 0 Å². The van der Waals surface area contributed by atoms with E-state index in [-0.39, 0.29) is 24.9 Å². The first-order valence-corrected chi connectivity index (χ1v) is 12.2. The van der Waals surface area contributed by atoms with Crippen LogP contribution in [0.2, 0.25) is 0 Å². The van der Waals surface area contributed by atoms with E-state index in [1.165, 1.54) is 0 Å². The lowest BCUT2D eigenvalue weighted by Gasteiger charge is -2.19. The average Bonchev–Trinajstić information content (AvgIpc) is 3.14. The molecule has 0 radical (unpaired) electrons. The molecule has 0 spiro atoms. The van der Waals surface area contributed by atoms with E-state index < -0.39 is 23.5 Å². The van der Waals surface area contributed by atoms with Crippen molar-refractivity contribution in [3.63, 3.8) is 0 Å². The molecular weight excluding hydrogens is 446 g/mol. The number of esters is 2. The van der Waals surface area contributed by atoms with Crippen LogP contribution in [0.15, 0.2) is 48.5 Å². The predicted octanol–water partition coefficient (Wildman–Crippen LogP) is 5.06. The largest absolute Gasteiger partial charge is 0.464 e. The number of nitrogens with two attached hydrogens (primary N) is 1. The molecule has 0 aliphatic heterocycles. The number of ether oxygens (including phenoxy) is 2. The van der Waals surface area contributed by atoms with Gasteiger partial charge in [0.1, 0.15) is 12.2 Å². The molecule has 188 valence electrons. The van der Waals surface area contributed by atoms with Crippen LogP contribution in [0.5, 0.6) is 0 Å². The predicted molar refractivity (Wildman–Crippen MR) is 132 cm³/mol. The van der Waals surface area contributed by atoms with Crippen molar-refractivity contribution in [3.8, 4) is 11.1 Å². The first kappa shape index (κ1) is 26.4. The van der Waals surface area contributed by atoms with Gasteiger partial charge in [0.15, 0.2) is 5.92 Å². The second-order valence-corrected chi connectivity index (χ2v) is 9.89. The Morgan fingerprint density at radius 2 is 1.43 bits per heavy atom. The highest BCUT2D eigenvalue weighted by molar-refractivity contribution is 5.94. The van der Waals surface area contributed by atoms with E-state index in [9.17, 15) is 14.4 Å².